The summed E-state index contributed by atoms with van der Waals surface area (Å²) in [7, 11) is 0. The molecule has 0 aliphatic carbocycles. The van der Waals surface area contributed by atoms with Gasteiger partial charge in [0.15, 0.2) is 11.6 Å². The predicted octanol–water partition coefficient (Wildman–Crippen LogP) is 4.56. The van der Waals surface area contributed by atoms with E-state index in [4.69, 9.17) is 0 Å². The van der Waals surface area contributed by atoms with Gasteiger partial charge in [-0.3, -0.25) is 9.59 Å². The molecule has 23 heavy (non-hydrogen) atoms. The Kier molecular flexibility index (Phi) is 5.81. The summed E-state index contributed by atoms with van der Waals surface area (Å²) in [4.78, 5) is 23.7. The third-order valence-corrected chi connectivity index (χ3v) is 3.62. The van der Waals surface area contributed by atoms with E-state index in [1.165, 1.54) is 12.2 Å². The minimum Gasteiger partial charge on any atom is -0.294 e. The van der Waals surface area contributed by atoms with E-state index in [9.17, 15) is 9.59 Å². The van der Waals surface area contributed by atoms with Gasteiger partial charge in [-0.1, -0.05) is 60.7 Å². The van der Waals surface area contributed by atoms with E-state index in [-0.39, 0.29) is 18.0 Å². The average molecular weight is 304 g/mol. The van der Waals surface area contributed by atoms with Crippen molar-refractivity contribution in [3.63, 3.8) is 0 Å². The van der Waals surface area contributed by atoms with Gasteiger partial charge in [-0.2, -0.15) is 0 Å². The van der Waals surface area contributed by atoms with Crippen LogP contribution in [0.3, 0.4) is 0 Å². The Morgan fingerprint density at radius 3 is 1.52 bits per heavy atom. The SMILES string of the molecule is Cc1ccccc1/C=C/C(=O)CC(=O)/C=C/c1ccccc1C. The van der Waals surface area contributed by atoms with Gasteiger partial charge in [0.2, 0.25) is 0 Å². The molecule has 2 heteroatoms. The second-order valence-electron chi connectivity index (χ2n) is 5.49. The van der Waals surface area contributed by atoms with Crippen LogP contribution in [0.4, 0.5) is 0 Å². The molecule has 0 aliphatic rings. The molecule has 0 amide bonds. The topological polar surface area (TPSA) is 34.1 Å². The van der Waals surface area contributed by atoms with Gasteiger partial charge < -0.3 is 0 Å². The van der Waals surface area contributed by atoms with Gasteiger partial charge in [0.1, 0.15) is 0 Å². The molecular formula is C21H20O2. The number of benzene rings is 2. The first-order chi connectivity index (χ1) is 11.1. The maximum atomic E-state index is 11.9. The molecule has 0 unspecified atom stereocenters. The van der Waals surface area contributed by atoms with Crippen molar-refractivity contribution in [2.75, 3.05) is 0 Å². The van der Waals surface area contributed by atoms with Crippen LogP contribution in [0.2, 0.25) is 0 Å². The van der Waals surface area contributed by atoms with E-state index >= 15 is 0 Å². The summed E-state index contributed by atoms with van der Waals surface area (Å²) in [6.07, 6.45) is 6.36. The highest BCUT2D eigenvalue weighted by atomic mass is 16.1. The van der Waals surface area contributed by atoms with Crippen LogP contribution in [0.25, 0.3) is 12.2 Å². The molecule has 0 fully saturated rings. The monoisotopic (exact) mass is 304 g/mol. The van der Waals surface area contributed by atoms with Crippen LogP contribution in [0.5, 0.6) is 0 Å². The summed E-state index contributed by atoms with van der Waals surface area (Å²) in [5.41, 5.74) is 4.18. The molecule has 116 valence electrons. The van der Waals surface area contributed by atoms with E-state index < -0.39 is 0 Å². The largest absolute Gasteiger partial charge is 0.294 e. The molecule has 0 N–H and O–H groups in total. The zero-order chi connectivity index (χ0) is 16.7. The van der Waals surface area contributed by atoms with Gasteiger partial charge >= 0.3 is 0 Å². The van der Waals surface area contributed by atoms with Crippen molar-refractivity contribution in [3.05, 3.63) is 82.9 Å². The lowest BCUT2D eigenvalue weighted by molar-refractivity contribution is -0.121. The Morgan fingerprint density at radius 2 is 1.13 bits per heavy atom. The lowest BCUT2D eigenvalue weighted by atomic mass is 10.1. The minimum atomic E-state index is -0.187. The smallest absolute Gasteiger partial charge is 0.163 e. The number of rotatable bonds is 6. The number of allylic oxidation sites excluding steroid dienone is 2. The molecule has 0 spiro atoms. The Hall–Kier alpha value is -2.74. The van der Waals surface area contributed by atoms with E-state index in [1.54, 1.807) is 12.2 Å². The lowest BCUT2D eigenvalue weighted by Gasteiger charge is -1.99. The number of hydrogen-bond donors (Lipinski definition) is 0. The molecule has 0 heterocycles. The molecule has 0 aromatic heterocycles. The van der Waals surface area contributed by atoms with E-state index in [0.717, 1.165) is 22.3 Å². The molecule has 0 aliphatic heterocycles. The second-order valence-corrected chi connectivity index (χ2v) is 5.49. The van der Waals surface area contributed by atoms with Crippen LogP contribution in [-0.2, 0) is 9.59 Å². The van der Waals surface area contributed by atoms with Crippen molar-refractivity contribution < 1.29 is 9.59 Å². The molecule has 0 saturated carbocycles. The lowest BCUT2D eigenvalue weighted by Crippen LogP contribution is -2.02. The number of hydrogen-bond acceptors (Lipinski definition) is 2. The molecule has 0 radical (unpaired) electrons. The third-order valence-electron chi connectivity index (χ3n) is 3.62. The van der Waals surface area contributed by atoms with Crippen LogP contribution in [-0.4, -0.2) is 11.6 Å². The number of carbonyl (C=O) groups is 2. The third kappa shape index (κ3) is 5.19. The highest BCUT2D eigenvalue weighted by Gasteiger charge is 2.04. The van der Waals surface area contributed by atoms with Crippen LogP contribution >= 0.6 is 0 Å². The van der Waals surface area contributed by atoms with Crippen LogP contribution in [0.15, 0.2) is 60.7 Å². The van der Waals surface area contributed by atoms with Crippen LogP contribution in [0.1, 0.15) is 28.7 Å². The molecule has 0 saturated heterocycles. The number of ketones is 2. The fraction of sp³-hybridized carbons (Fsp3) is 0.143. The van der Waals surface area contributed by atoms with Crippen LogP contribution in [0, 0.1) is 13.8 Å². The van der Waals surface area contributed by atoms with Crippen molar-refractivity contribution in [1.82, 2.24) is 0 Å². The molecule has 0 bridgehead atoms. The number of aryl methyl sites for hydroxylation is 2. The van der Waals surface area contributed by atoms with Crippen molar-refractivity contribution in [2.45, 2.75) is 20.3 Å². The highest BCUT2D eigenvalue weighted by Crippen LogP contribution is 2.10. The Labute approximate surface area is 137 Å². The second kappa shape index (κ2) is 8.04. The summed E-state index contributed by atoms with van der Waals surface area (Å²) in [6, 6.07) is 15.6. The Morgan fingerprint density at radius 1 is 0.739 bits per heavy atom. The molecule has 2 aromatic rings. The molecule has 0 atom stereocenters. The first kappa shape index (κ1) is 16.6. The summed E-state index contributed by atoms with van der Waals surface area (Å²) in [5.74, 6) is -0.375. The molecule has 2 rings (SSSR count). The zero-order valence-electron chi connectivity index (χ0n) is 13.5. The summed E-state index contributed by atoms with van der Waals surface area (Å²) >= 11 is 0. The van der Waals surface area contributed by atoms with E-state index in [1.807, 2.05) is 62.4 Å². The van der Waals surface area contributed by atoms with Gasteiger partial charge in [-0.15, -0.1) is 0 Å². The van der Waals surface area contributed by atoms with Gasteiger partial charge in [0.25, 0.3) is 0 Å². The summed E-state index contributed by atoms with van der Waals surface area (Å²) in [6.45, 7) is 3.97. The van der Waals surface area contributed by atoms with Crippen molar-refractivity contribution in [2.24, 2.45) is 0 Å². The standard InChI is InChI=1S/C21H20O2/c1-16-7-3-5-9-18(16)11-13-20(22)15-21(23)14-12-19-10-6-4-8-17(19)2/h3-14H,15H2,1-2H3/b13-11+,14-12+. The normalized spacial score (nSPS) is 11.2. The first-order valence-corrected chi connectivity index (χ1v) is 7.59. The molecule has 2 aromatic carbocycles. The summed E-state index contributed by atoms with van der Waals surface area (Å²) < 4.78 is 0. The number of carbonyl (C=O) groups excluding carboxylic acids is 2. The highest BCUT2D eigenvalue weighted by molar-refractivity contribution is 6.10. The maximum absolute atomic E-state index is 11.9. The predicted molar refractivity (Wildman–Crippen MR) is 95.1 cm³/mol. The van der Waals surface area contributed by atoms with Crippen molar-refractivity contribution in [1.29, 1.82) is 0 Å². The van der Waals surface area contributed by atoms with Gasteiger partial charge in [-0.25, -0.2) is 0 Å². The van der Waals surface area contributed by atoms with Crippen molar-refractivity contribution >= 4 is 23.7 Å². The van der Waals surface area contributed by atoms with Crippen molar-refractivity contribution in [3.8, 4) is 0 Å². The fourth-order valence-electron chi connectivity index (χ4n) is 2.20. The van der Waals surface area contributed by atoms with E-state index in [0.29, 0.717) is 0 Å². The zero-order valence-corrected chi connectivity index (χ0v) is 13.5. The first-order valence-electron chi connectivity index (χ1n) is 7.59. The summed E-state index contributed by atoms with van der Waals surface area (Å²) in [5, 5.41) is 0. The van der Waals surface area contributed by atoms with Gasteiger partial charge in [0.05, 0.1) is 6.42 Å². The maximum Gasteiger partial charge on any atom is 0.163 e. The quantitative estimate of drug-likeness (QED) is 0.579. The fourth-order valence-corrected chi connectivity index (χ4v) is 2.20. The van der Waals surface area contributed by atoms with Crippen LogP contribution < -0.4 is 0 Å². The minimum absolute atomic E-state index is 0.106. The Balaban J connectivity index is 1.94. The van der Waals surface area contributed by atoms with E-state index in [2.05, 4.69) is 0 Å². The Bertz CT molecular complexity index is 701. The van der Waals surface area contributed by atoms with Gasteiger partial charge in [-0.05, 0) is 48.3 Å². The molecular weight excluding hydrogens is 284 g/mol. The van der Waals surface area contributed by atoms with Gasteiger partial charge in [0, 0.05) is 0 Å². The molecule has 2 nitrogen and oxygen atoms in total. The average Bonchev–Trinajstić information content (AvgIpc) is 2.53.